The molecular formula is C22H24N4. The number of anilines is 3. The Bertz CT molecular complexity index is 976. The van der Waals surface area contributed by atoms with Gasteiger partial charge in [-0.2, -0.15) is 10.5 Å². The zero-order chi connectivity index (χ0) is 19.3. The summed E-state index contributed by atoms with van der Waals surface area (Å²) in [6, 6.07) is 8.04. The van der Waals surface area contributed by atoms with Crippen LogP contribution in [0.3, 0.4) is 0 Å². The fourth-order valence-electron chi connectivity index (χ4n) is 4.03. The Morgan fingerprint density at radius 1 is 0.808 bits per heavy atom. The first-order chi connectivity index (χ1) is 12.2. The first-order valence-corrected chi connectivity index (χ1v) is 8.81. The lowest BCUT2D eigenvalue weighted by molar-refractivity contribution is 0.729. The van der Waals surface area contributed by atoms with E-state index >= 15 is 0 Å². The average molecular weight is 344 g/mol. The predicted molar refractivity (Wildman–Crippen MR) is 106 cm³/mol. The third-order valence-electron chi connectivity index (χ3n) is 6.09. The van der Waals surface area contributed by atoms with E-state index in [0.717, 1.165) is 11.4 Å². The summed E-state index contributed by atoms with van der Waals surface area (Å²) < 4.78 is 0. The van der Waals surface area contributed by atoms with Gasteiger partial charge in [-0.1, -0.05) is 0 Å². The van der Waals surface area contributed by atoms with Gasteiger partial charge in [0.05, 0.1) is 28.6 Å². The molecule has 0 N–H and O–H groups in total. The van der Waals surface area contributed by atoms with Gasteiger partial charge in [0.1, 0.15) is 12.2 Å². The van der Waals surface area contributed by atoms with Gasteiger partial charge in [-0.05, 0) is 81.5 Å². The number of nitrogens with zero attached hydrogens (tertiary/aromatic N) is 4. The zero-order valence-electron chi connectivity index (χ0n) is 16.5. The van der Waals surface area contributed by atoms with Crippen LogP contribution in [0.5, 0.6) is 0 Å². The Labute approximate surface area is 155 Å². The van der Waals surface area contributed by atoms with Crippen LogP contribution in [0.15, 0.2) is 12.1 Å². The fourth-order valence-corrected chi connectivity index (χ4v) is 4.03. The Balaban J connectivity index is 2.39. The molecule has 0 radical (unpaired) electrons. The topological polar surface area (TPSA) is 54.1 Å². The standard InChI is InChI=1S/C22H24N4/c1-12-13(2)15(4)21(16(5)14(12)3)26-17(6)25(7)22-19(11-24)8-18(10-23)9-20(22)26/h8-9,17H,1-7H3/t17-/m0/s1. The largest absolute Gasteiger partial charge is 0.351 e. The molecule has 0 saturated heterocycles. The number of hydrogen-bond donors (Lipinski definition) is 0. The molecule has 0 bridgehead atoms. The summed E-state index contributed by atoms with van der Waals surface area (Å²) in [6.07, 6.45) is 0.0601. The van der Waals surface area contributed by atoms with Crippen molar-refractivity contribution in [2.24, 2.45) is 0 Å². The van der Waals surface area contributed by atoms with Gasteiger partial charge in [0.2, 0.25) is 0 Å². The van der Waals surface area contributed by atoms with E-state index in [9.17, 15) is 10.5 Å². The van der Waals surface area contributed by atoms with Crippen LogP contribution in [-0.2, 0) is 0 Å². The lowest BCUT2D eigenvalue weighted by atomic mass is 9.92. The molecule has 3 rings (SSSR count). The molecule has 0 aliphatic carbocycles. The molecule has 132 valence electrons. The molecule has 0 amide bonds. The van der Waals surface area contributed by atoms with Gasteiger partial charge in [-0.15, -0.1) is 0 Å². The van der Waals surface area contributed by atoms with Crippen molar-refractivity contribution in [3.05, 3.63) is 51.1 Å². The van der Waals surface area contributed by atoms with Gasteiger partial charge in [-0.25, -0.2) is 0 Å². The Kier molecular flexibility index (Phi) is 4.17. The number of rotatable bonds is 1. The minimum atomic E-state index is 0.0601. The number of hydrogen-bond acceptors (Lipinski definition) is 4. The smallest absolute Gasteiger partial charge is 0.103 e. The van der Waals surface area contributed by atoms with Crippen LogP contribution < -0.4 is 9.80 Å². The molecule has 0 aromatic heterocycles. The van der Waals surface area contributed by atoms with Gasteiger partial charge < -0.3 is 9.80 Å². The first kappa shape index (κ1) is 17.8. The van der Waals surface area contributed by atoms with Crippen molar-refractivity contribution in [3.8, 4) is 12.1 Å². The van der Waals surface area contributed by atoms with Gasteiger partial charge in [0.25, 0.3) is 0 Å². The Morgan fingerprint density at radius 3 is 1.85 bits per heavy atom. The Hall–Kier alpha value is -2.98. The maximum absolute atomic E-state index is 9.61. The van der Waals surface area contributed by atoms with Crippen molar-refractivity contribution in [1.29, 1.82) is 10.5 Å². The van der Waals surface area contributed by atoms with Crippen LogP contribution in [0.4, 0.5) is 17.1 Å². The number of benzene rings is 2. The van der Waals surface area contributed by atoms with Crippen molar-refractivity contribution in [3.63, 3.8) is 0 Å². The van der Waals surface area contributed by atoms with Crippen molar-refractivity contribution in [2.45, 2.75) is 47.7 Å². The van der Waals surface area contributed by atoms with E-state index in [1.54, 1.807) is 6.07 Å². The fraction of sp³-hybridized carbons (Fsp3) is 0.364. The Morgan fingerprint density at radius 2 is 1.35 bits per heavy atom. The molecule has 0 saturated carbocycles. The van der Waals surface area contributed by atoms with E-state index in [-0.39, 0.29) is 6.17 Å². The lowest BCUT2D eigenvalue weighted by Gasteiger charge is -2.32. The van der Waals surface area contributed by atoms with Gasteiger partial charge >= 0.3 is 0 Å². The second-order valence-electron chi connectivity index (χ2n) is 7.20. The van der Waals surface area contributed by atoms with E-state index in [0.29, 0.717) is 11.1 Å². The van der Waals surface area contributed by atoms with E-state index in [2.05, 4.69) is 63.5 Å². The normalized spacial score (nSPS) is 15.7. The molecular weight excluding hydrogens is 320 g/mol. The summed E-state index contributed by atoms with van der Waals surface area (Å²) in [6.45, 7) is 13.0. The second kappa shape index (κ2) is 6.07. The molecule has 4 nitrogen and oxygen atoms in total. The highest BCUT2D eigenvalue weighted by Gasteiger charge is 2.36. The minimum absolute atomic E-state index is 0.0601. The summed E-state index contributed by atoms with van der Waals surface area (Å²) >= 11 is 0. The lowest BCUT2D eigenvalue weighted by Crippen LogP contribution is -2.36. The summed E-state index contributed by atoms with van der Waals surface area (Å²) in [4.78, 5) is 4.40. The van der Waals surface area contributed by atoms with E-state index in [1.165, 1.54) is 33.5 Å². The van der Waals surface area contributed by atoms with Crippen molar-refractivity contribution < 1.29 is 0 Å². The van der Waals surface area contributed by atoms with E-state index in [4.69, 9.17) is 0 Å². The summed E-state index contributed by atoms with van der Waals surface area (Å²) in [5.41, 5.74) is 10.5. The van der Waals surface area contributed by atoms with Crippen LogP contribution in [0.25, 0.3) is 0 Å². The first-order valence-electron chi connectivity index (χ1n) is 8.81. The maximum Gasteiger partial charge on any atom is 0.103 e. The van der Waals surface area contributed by atoms with Gasteiger partial charge in [0, 0.05) is 12.7 Å². The van der Waals surface area contributed by atoms with E-state index in [1.807, 2.05) is 13.1 Å². The molecule has 2 aromatic rings. The summed E-state index contributed by atoms with van der Waals surface area (Å²) in [5.74, 6) is 0. The average Bonchev–Trinajstić information content (AvgIpc) is 2.89. The highest BCUT2D eigenvalue weighted by atomic mass is 15.4. The molecule has 0 unspecified atom stereocenters. The molecule has 0 fully saturated rings. The quantitative estimate of drug-likeness (QED) is 0.738. The molecule has 1 aliphatic heterocycles. The molecule has 1 aliphatic rings. The van der Waals surface area contributed by atoms with Crippen LogP contribution >= 0.6 is 0 Å². The molecule has 0 spiro atoms. The SMILES string of the molecule is Cc1c(C)c(C)c(N2c3cc(C#N)cc(C#N)c3N(C)[C@@H]2C)c(C)c1C. The highest BCUT2D eigenvalue weighted by molar-refractivity contribution is 5.90. The molecule has 1 heterocycles. The molecule has 1 atom stereocenters. The number of nitriles is 2. The van der Waals surface area contributed by atoms with Gasteiger partial charge in [-0.3, -0.25) is 0 Å². The van der Waals surface area contributed by atoms with Gasteiger partial charge in [0.15, 0.2) is 0 Å². The summed E-state index contributed by atoms with van der Waals surface area (Å²) in [7, 11) is 2.01. The predicted octanol–water partition coefficient (Wildman–Crippen LogP) is 4.91. The number of fused-ring (bicyclic) bond motifs is 1. The van der Waals surface area contributed by atoms with Crippen LogP contribution in [0.1, 0.15) is 45.9 Å². The van der Waals surface area contributed by atoms with Crippen molar-refractivity contribution in [1.82, 2.24) is 0 Å². The second-order valence-corrected chi connectivity index (χ2v) is 7.20. The maximum atomic E-state index is 9.61. The van der Waals surface area contributed by atoms with Crippen molar-refractivity contribution >= 4 is 17.1 Å². The highest BCUT2D eigenvalue weighted by Crippen LogP contribution is 2.48. The summed E-state index contributed by atoms with van der Waals surface area (Å²) in [5, 5.41) is 19.0. The van der Waals surface area contributed by atoms with Crippen LogP contribution in [0, 0.1) is 57.3 Å². The van der Waals surface area contributed by atoms with Crippen LogP contribution in [-0.4, -0.2) is 13.2 Å². The van der Waals surface area contributed by atoms with Crippen LogP contribution in [0.2, 0.25) is 0 Å². The molecule has 26 heavy (non-hydrogen) atoms. The van der Waals surface area contributed by atoms with Crippen molar-refractivity contribution in [2.75, 3.05) is 16.8 Å². The minimum Gasteiger partial charge on any atom is -0.351 e. The molecule has 4 heteroatoms. The third-order valence-corrected chi connectivity index (χ3v) is 6.09. The third kappa shape index (κ3) is 2.26. The molecule has 2 aromatic carbocycles. The zero-order valence-corrected chi connectivity index (χ0v) is 16.5. The monoisotopic (exact) mass is 344 g/mol. The van der Waals surface area contributed by atoms with E-state index < -0.39 is 0 Å².